The van der Waals surface area contributed by atoms with E-state index in [-0.39, 0.29) is 5.75 Å². The quantitative estimate of drug-likeness (QED) is 0.550. The number of rotatable bonds is 6. The molecule has 0 radical (unpaired) electrons. The fourth-order valence-electron chi connectivity index (χ4n) is 1.81. The van der Waals surface area contributed by atoms with Crippen LogP contribution in [0.4, 0.5) is 0 Å². The van der Waals surface area contributed by atoms with Gasteiger partial charge in [0.05, 0.1) is 5.92 Å². The lowest BCUT2D eigenvalue weighted by molar-refractivity contribution is -0.167. The SMILES string of the molecule is CO[C@](C)(NC(=O)C(CS)c1ccccc1C)C(=O)O. The monoisotopic (exact) mass is 297 g/mol. The Morgan fingerprint density at radius 3 is 2.50 bits per heavy atom. The fourth-order valence-corrected chi connectivity index (χ4v) is 2.18. The molecule has 1 aromatic carbocycles. The van der Waals surface area contributed by atoms with Crippen molar-refractivity contribution >= 4 is 24.5 Å². The van der Waals surface area contributed by atoms with Crippen molar-refractivity contribution in [3.8, 4) is 0 Å². The van der Waals surface area contributed by atoms with Crippen LogP contribution in [0, 0.1) is 6.92 Å². The number of aryl methyl sites for hydroxylation is 1. The number of aliphatic carboxylic acids is 1. The van der Waals surface area contributed by atoms with Crippen LogP contribution in [-0.2, 0) is 14.3 Å². The summed E-state index contributed by atoms with van der Waals surface area (Å²) in [4.78, 5) is 23.4. The van der Waals surface area contributed by atoms with Gasteiger partial charge in [-0.3, -0.25) is 4.79 Å². The lowest BCUT2D eigenvalue weighted by atomic mass is 9.95. The van der Waals surface area contributed by atoms with E-state index in [1.54, 1.807) is 0 Å². The topological polar surface area (TPSA) is 75.6 Å². The van der Waals surface area contributed by atoms with Gasteiger partial charge in [0.1, 0.15) is 0 Å². The highest BCUT2D eigenvalue weighted by Crippen LogP contribution is 2.22. The molecule has 0 aliphatic rings. The standard InChI is InChI=1S/C14H19NO4S/c1-9-6-4-5-7-10(9)11(8-20)12(16)15-14(2,19-3)13(17)18/h4-7,11,20H,8H2,1-3H3,(H,15,16)(H,17,18)/t11?,14-/m0/s1. The Morgan fingerprint density at radius 2 is 2.05 bits per heavy atom. The number of carbonyl (C=O) groups excluding carboxylic acids is 1. The van der Waals surface area contributed by atoms with E-state index in [0.29, 0.717) is 0 Å². The number of methoxy groups -OCH3 is 1. The molecule has 1 aromatic rings. The highest BCUT2D eigenvalue weighted by molar-refractivity contribution is 7.80. The van der Waals surface area contributed by atoms with Crippen molar-refractivity contribution < 1.29 is 19.4 Å². The van der Waals surface area contributed by atoms with Gasteiger partial charge in [0.2, 0.25) is 11.6 Å². The molecule has 0 saturated carbocycles. The average Bonchev–Trinajstić information content (AvgIpc) is 2.41. The molecule has 0 aliphatic carbocycles. The molecule has 5 nitrogen and oxygen atoms in total. The predicted octanol–water partition coefficient (Wildman–Crippen LogP) is 1.57. The normalized spacial score (nSPS) is 15.2. The third-order valence-corrected chi connectivity index (χ3v) is 3.61. The number of thiol groups is 1. The summed E-state index contributed by atoms with van der Waals surface area (Å²) in [5, 5.41) is 11.5. The molecule has 2 N–H and O–H groups in total. The first-order valence-corrected chi connectivity index (χ1v) is 6.76. The molecule has 1 rings (SSSR count). The Morgan fingerprint density at radius 1 is 1.45 bits per heavy atom. The first-order chi connectivity index (χ1) is 9.35. The maximum Gasteiger partial charge on any atom is 0.357 e. The molecule has 0 aliphatic heterocycles. The molecule has 0 heterocycles. The van der Waals surface area contributed by atoms with Crippen LogP contribution in [0.2, 0.25) is 0 Å². The van der Waals surface area contributed by atoms with Gasteiger partial charge in [-0.05, 0) is 25.0 Å². The maximum absolute atomic E-state index is 12.3. The van der Waals surface area contributed by atoms with E-state index in [1.807, 2.05) is 31.2 Å². The summed E-state index contributed by atoms with van der Waals surface area (Å²) < 4.78 is 4.87. The van der Waals surface area contributed by atoms with Gasteiger partial charge in [-0.15, -0.1) is 0 Å². The molecule has 6 heteroatoms. The molecule has 110 valence electrons. The van der Waals surface area contributed by atoms with Crippen molar-refractivity contribution in [1.82, 2.24) is 5.32 Å². The lowest BCUT2D eigenvalue weighted by Crippen LogP contribution is -2.55. The van der Waals surface area contributed by atoms with Crippen LogP contribution in [0.25, 0.3) is 0 Å². The average molecular weight is 297 g/mol. The Hall–Kier alpha value is -1.53. The summed E-state index contributed by atoms with van der Waals surface area (Å²) in [6, 6.07) is 7.44. The van der Waals surface area contributed by atoms with Crippen molar-refractivity contribution in [3.63, 3.8) is 0 Å². The van der Waals surface area contributed by atoms with E-state index in [1.165, 1.54) is 14.0 Å². The molecule has 1 unspecified atom stereocenters. The van der Waals surface area contributed by atoms with E-state index in [0.717, 1.165) is 11.1 Å². The van der Waals surface area contributed by atoms with Crippen LogP contribution in [0.15, 0.2) is 24.3 Å². The largest absolute Gasteiger partial charge is 0.478 e. The smallest absolute Gasteiger partial charge is 0.357 e. The predicted molar refractivity (Wildman–Crippen MR) is 79.0 cm³/mol. The molecule has 2 atom stereocenters. The zero-order chi connectivity index (χ0) is 15.3. The Kier molecular flexibility index (Phi) is 5.59. The number of carbonyl (C=O) groups is 2. The molecule has 0 spiro atoms. The third kappa shape index (κ3) is 3.52. The fraction of sp³-hybridized carbons (Fsp3) is 0.429. The molecular weight excluding hydrogens is 278 g/mol. The Labute approximate surface area is 123 Å². The first kappa shape index (κ1) is 16.5. The van der Waals surface area contributed by atoms with Gasteiger partial charge in [-0.2, -0.15) is 12.6 Å². The van der Waals surface area contributed by atoms with Gasteiger partial charge in [-0.1, -0.05) is 24.3 Å². The second kappa shape index (κ2) is 6.76. The first-order valence-electron chi connectivity index (χ1n) is 6.12. The van der Waals surface area contributed by atoms with Crippen LogP contribution >= 0.6 is 12.6 Å². The molecule has 0 bridgehead atoms. The molecule has 1 amide bonds. The van der Waals surface area contributed by atoms with Crippen molar-refractivity contribution in [1.29, 1.82) is 0 Å². The molecule has 0 saturated heterocycles. The van der Waals surface area contributed by atoms with E-state index >= 15 is 0 Å². The third-order valence-electron chi connectivity index (χ3n) is 3.24. The van der Waals surface area contributed by atoms with Crippen LogP contribution in [0.3, 0.4) is 0 Å². The summed E-state index contributed by atoms with van der Waals surface area (Å²) >= 11 is 4.20. The van der Waals surface area contributed by atoms with E-state index in [4.69, 9.17) is 9.84 Å². The summed E-state index contributed by atoms with van der Waals surface area (Å²) in [5.74, 6) is -1.94. The minimum atomic E-state index is -1.75. The number of carboxylic acid groups (broad SMARTS) is 1. The van der Waals surface area contributed by atoms with Gasteiger partial charge in [-0.25, -0.2) is 4.79 Å². The summed E-state index contributed by atoms with van der Waals surface area (Å²) in [6.07, 6.45) is 0. The minimum Gasteiger partial charge on any atom is -0.478 e. The van der Waals surface area contributed by atoms with Crippen LogP contribution in [0.1, 0.15) is 24.0 Å². The van der Waals surface area contributed by atoms with Crippen molar-refractivity contribution in [2.24, 2.45) is 0 Å². The highest BCUT2D eigenvalue weighted by Gasteiger charge is 2.37. The zero-order valence-corrected chi connectivity index (χ0v) is 12.6. The molecule has 0 aromatic heterocycles. The maximum atomic E-state index is 12.3. The number of benzene rings is 1. The number of hydrogen-bond acceptors (Lipinski definition) is 4. The number of hydrogen-bond donors (Lipinski definition) is 3. The molecular formula is C14H19NO4S. The zero-order valence-electron chi connectivity index (χ0n) is 11.7. The Balaban J connectivity index is 3.00. The Bertz CT molecular complexity index is 506. The summed E-state index contributed by atoms with van der Waals surface area (Å²) in [6.45, 7) is 3.19. The number of nitrogens with one attached hydrogen (secondary N) is 1. The lowest BCUT2D eigenvalue weighted by Gasteiger charge is -2.27. The van der Waals surface area contributed by atoms with Crippen molar-refractivity contribution in [3.05, 3.63) is 35.4 Å². The van der Waals surface area contributed by atoms with E-state index < -0.39 is 23.5 Å². The highest BCUT2D eigenvalue weighted by atomic mass is 32.1. The molecule has 20 heavy (non-hydrogen) atoms. The molecule has 0 fully saturated rings. The van der Waals surface area contributed by atoms with E-state index in [2.05, 4.69) is 17.9 Å². The van der Waals surface area contributed by atoms with Crippen molar-refractivity contribution in [2.75, 3.05) is 12.9 Å². The van der Waals surface area contributed by atoms with Gasteiger partial charge in [0.15, 0.2) is 0 Å². The van der Waals surface area contributed by atoms with E-state index in [9.17, 15) is 9.59 Å². The second-order valence-electron chi connectivity index (χ2n) is 4.62. The summed E-state index contributed by atoms with van der Waals surface area (Å²) in [7, 11) is 1.23. The number of carboxylic acids is 1. The number of amides is 1. The minimum absolute atomic E-state index is 0.274. The van der Waals surface area contributed by atoms with Crippen LogP contribution < -0.4 is 5.32 Å². The summed E-state index contributed by atoms with van der Waals surface area (Å²) in [5.41, 5.74) is 0.0287. The van der Waals surface area contributed by atoms with Gasteiger partial charge < -0.3 is 15.2 Å². The van der Waals surface area contributed by atoms with Crippen LogP contribution in [0.5, 0.6) is 0 Å². The second-order valence-corrected chi connectivity index (χ2v) is 4.99. The van der Waals surface area contributed by atoms with Gasteiger partial charge >= 0.3 is 5.97 Å². The van der Waals surface area contributed by atoms with Crippen LogP contribution in [-0.4, -0.2) is 35.6 Å². The van der Waals surface area contributed by atoms with Gasteiger partial charge in [0, 0.05) is 12.9 Å². The number of ether oxygens (including phenoxy) is 1. The van der Waals surface area contributed by atoms with Crippen molar-refractivity contribution in [2.45, 2.75) is 25.5 Å². The van der Waals surface area contributed by atoms with Gasteiger partial charge in [0.25, 0.3) is 0 Å².